The molecule has 4 rings (SSSR count). The summed E-state index contributed by atoms with van der Waals surface area (Å²) in [4.78, 5) is 13.5. The lowest BCUT2D eigenvalue weighted by atomic mass is 9.79. The summed E-state index contributed by atoms with van der Waals surface area (Å²) >= 11 is 0. The smallest absolute Gasteiger partial charge is 0.427 e. The molecule has 0 aliphatic rings. The fourth-order valence-electron chi connectivity index (χ4n) is 6.20. The third-order valence-corrected chi connectivity index (χ3v) is 11.7. The van der Waals surface area contributed by atoms with Crippen molar-refractivity contribution in [2.45, 2.75) is 153 Å². The number of carbonyl (C=O) groups is 1. The molecule has 0 radical (unpaired) electrons. The van der Waals surface area contributed by atoms with E-state index in [1.165, 1.54) is 11.1 Å². The summed E-state index contributed by atoms with van der Waals surface area (Å²) in [7, 11) is -2.08. The van der Waals surface area contributed by atoms with Crippen LogP contribution in [0, 0.1) is 40.0 Å². The lowest BCUT2D eigenvalue weighted by Gasteiger charge is -2.37. The monoisotopic (exact) mass is 782 g/mol. The van der Waals surface area contributed by atoms with E-state index in [1.807, 2.05) is 86.6 Å². The zero-order valence-electron chi connectivity index (χ0n) is 37.7. The Morgan fingerprint density at radius 1 is 0.500 bits per heavy atom. The van der Waals surface area contributed by atoms with Crippen LogP contribution < -0.4 is 18.3 Å². The molecule has 1 atom stereocenters. The zero-order valence-corrected chi connectivity index (χ0v) is 38.6. The second-order valence-corrected chi connectivity index (χ2v) is 21.1. The highest BCUT2D eigenvalue weighted by atomic mass is 31.2. The van der Waals surface area contributed by atoms with Crippen molar-refractivity contribution in [2.24, 2.45) is 5.41 Å². The summed E-state index contributed by atoms with van der Waals surface area (Å²) in [6, 6.07) is 20.9. The SMILES string of the molecule is Cc1cc(C)c(OC(=O)OC(C)(C)C(C)(C)C)c(-c2cc(C)cc(C)c2OP(Oc2ccc(C(C)(C)C)cc2C)Oc2ccc(C(C)(C)C)cc2C(C)(C)C)c1. The van der Waals surface area contributed by atoms with Gasteiger partial charge < -0.3 is 23.0 Å². The molecular formula is C49H67O6P. The van der Waals surface area contributed by atoms with Gasteiger partial charge >= 0.3 is 14.8 Å². The highest BCUT2D eigenvalue weighted by Crippen LogP contribution is 2.51. The minimum atomic E-state index is -2.08. The van der Waals surface area contributed by atoms with Crippen LogP contribution in [0.5, 0.6) is 23.0 Å². The van der Waals surface area contributed by atoms with E-state index in [0.717, 1.165) is 38.9 Å². The topological polar surface area (TPSA) is 63.2 Å². The van der Waals surface area contributed by atoms with Gasteiger partial charge in [-0.05, 0) is 128 Å². The Morgan fingerprint density at radius 3 is 1.45 bits per heavy atom. The molecule has 0 saturated carbocycles. The van der Waals surface area contributed by atoms with E-state index in [4.69, 9.17) is 23.0 Å². The van der Waals surface area contributed by atoms with Crippen LogP contribution in [0.4, 0.5) is 4.79 Å². The molecule has 0 aliphatic heterocycles. The number of hydrogen-bond acceptors (Lipinski definition) is 6. The molecule has 56 heavy (non-hydrogen) atoms. The predicted molar refractivity (Wildman–Crippen MR) is 234 cm³/mol. The van der Waals surface area contributed by atoms with E-state index < -0.39 is 20.4 Å². The van der Waals surface area contributed by atoms with Gasteiger partial charge in [-0.2, -0.15) is 0 Å². The van der Waals surface area contributed by atoms with Crippen molar-refractivity contribution in [1.29, 1.82) is 0 Å². The number of rotatable bonds is 9. The van der Waals surface area contributed by atoms with Crippen LogP contribution in [-0.2, 0) is 21.0 Å². The maximum absolute atomic E-state index is 13.5. The molecular weight excluding hydrogens is 716 g/mol. The Morgan fingerprint density at radius 2 is 0.964 bits per heavy atom. The van der Waals surface area contributed by atoms with Crippen molar-refractivity contribution in [3.63, 3.8) is 0 Å². The lowest BCUT2D eigenvalue weighted by Crippen LogP contribution is -2.42. The Balaban J connectivity index is 1.90. The minimum absolute atomic E-state index is 0.0218. The summed E-state index contributed by atoms with van der Waals surface area (Å²) in [5.41, 5.74) is 8.29. The zero-order chi connectivity index (χ0) is 42.3. The van der Waals surface area contributed by atoms with Gasteiger partial charge in [-0.25, -0.2) is 4.79 Å². The van der Waals surface area contributed by atoms with Gasteiger partial charge in [0.05, 0.1) is 0 Å². The molecule has 0 saturated heterocycles. The van der Waals surface area contributed by atoms with Crippen LogP contribution in [0.15, 0.2) is 60.7 Å². The molecule has 4 aromatic rings. The normalized spacial score (nSPS) is 13.3. The van der Waals surface area contributed by atoms with E-state index in [0.29, 0.717) is 28.6 Å². The second-order valence-electron chi connectivity index (χ2n) is 20.1. The lowest BCUT2D eigenvalue weighted by molar-refractivity contribution is -0.0572. The second kappa shape index (κ2) is 16.1. The molecule has 0 N–H and O–H groups in total. The van der Waals surface area contributed by atoms with Crippen molar-refractivity contribution in [3.8, 4) is 34.1 Å². The number of ether oxygens (including phenoxy) is 2. The summed E-state index contributed by atoms with van der Waals surface area (Å²) in [5, 5.41) is 0. The van der Waals surface area contributed by atoms with Crippen molar-refractivity contribution in [2.75, 3.05) is 0 Å². The molecule has 0 aliphatic carbocycles. The molecule has 0 aromatic heterocycles. The first-order valence-corrected chi connectivity index (χ1v) is 20.8. The molecule has 0 fully saturated rings. The summed E-state index contributed by atoms with van der Waals surface area (Å²) in [5.74, 6) is 2.37. The summed E-state index contributed by atoms with van der Waals surface area (Å²) < 4.78 is 32.8. The van der Waals surface area contributed by atoms with E-state index in [9.17, 15) is 4.79 Å². The van der Waals surface area contributed by atoms with Crippen molar-refractivity contribution in [1.82, 2.24) is 0 Å². The molecule has 1 unspecified atom stereocenters. The molecule has 0 spiro atoms. The van der Waals surface area contributed by atoms with Gasteiger partial charge in [0.2, 0.25) is 0 Å². The number of benzene rings is 4. The summed E-state index contributed by atoms with van der Waals surface area (Å²) in [6.45, 7) is 39.8. The third kappa shape index (κ3) is 10.7. The summed E-state index contributed by atoms with van der Waals surface area (Å²) in [6.07, 6.45) is -0.763. The molecule has 7 heteroatoms. The maximum Gasteiger partial charge on any atom is 0.530 e. The van der Waals surface area contributed by atoms with Crippen LogP contribution in [-0.4, -0.2) is 11.8 Å². The van der Waals surface area contributed by atoms with Gasteiger partial charge in [0.1, 0.15) is 28.6 Å². The molecule has 0 heterocycles. The molecule has 6 nitrogen and oxygen atoms in total. The van der Waals surface area contributed by atoms with Crippen molar-refractivity contribution < 1.29 is 27.8 Å². The van der Waals surface area contributed by atoms with Crippen LogP contribution in [0.25, 0.3) is 11.1 Å². The average molecular weight is 783 g/mol. The van der Waals surface area contributed by atoms with Gasteiger partial charge in [0, 0.05) is 22.1 Å². The Hall–Kier alpha value is -4.02. The number of hydrogen-bond donors (Lipinski definition) is 0. The number of aryl methyl sites for hydroxylation is 5. The first-order valence-electron chi connectivity index (χ1n) is 19.7. The van der Waals surface area contributed by atoms with E-state index in [1.54, 1.807) is 0 Å². The van der Waals surface area contributed by atoms with Gasteiger partial charge in [-0.1, -0.05) is 119 Å². The average Bonchev–Trinajstić information content (AvgIpc) is 3.02. The van der Waals surface area contributed by atoms with Crippen LogP contribution in [0.3, 0.4) is 0 Å². The maximum atomic E-state index is 13.5. The van der Waals surface area contributed by atoms with Gasteiger partial charge in [0.25, 0.3) is 0 Å². The molecule has 0 bridgehead atoms. The first-order chi connectivity index (χ1) is 25.5. The van der Waals surface area contributed by atoms with E-state index in [2.05, 4.69) is 106 Å². The van der Waals surface area contributed by atoms with E-state index >= 15 is 0 Å². The fraction of sp³-hybridized carbons (Fsp3) is 0.490. The van der Waals surface area contributed by atoms with Gasteiger partial charge in [-0.15, -0.1) is 0 Å². The van der Waals surface area contributed by atoms with Crippen LogP contribution in [0.2, 0.25) is 0 Å². The van der Waals surface area contributed by atoms with Crippen molar-refractivity contribution >= 4 is 14.8 Å². The highest BCUT2D eigenvalue weighted by molar-refractivity contribution is 7.43. The fourth-order valence-corrected chi connectivity index (χ4v) is 7.39. The van der Waals surface area contributed by atoms with E-state index in [-0.39, 0.29) is 21.7 Å². The standard InChI is InChI=1S/C49H67O6P/c1-30-24-33(4)42(51-44(50)52-49(18,19)48(15,16)17)37(26-30)38-27-31(2)25-34(5)43(38)55-56(53-40-22-20-35(28-32(40)3)45(6,7)8)54-41-23-21-36(46(9,10)11)29-39(41)47(12,13)14/h20-29H,1-19H3. The largest absolute Gasteiger partial charge is 0.530 e. The quantitative estimate of drug-likeness (QED) is 0.0957. The minimum Gasteiger partial charge on any atom is -0.427 e. The predicted octanol–water partition coefficient (Wildman–Crippen LogP) is 14.9. The molecule has 0 amide bonds. The highest BCUT2D eigenvalue weighted by Gasteiger charge is 2.38. The molecule has 304 valence electrons. The Kier molecular flexibility index (Phi) is 12.8. The van der Waals surface area contributed by atoms with Crippen LogP contribution in [0.1, 0.15) is 141 Å². The van der Waals surface area contributed by atoms with Gasteiger partial charge in [-0.3, -0.25) is 0 Å². The van der Waals surface area contributed by atoms with Gasteiger partial charge in [0.15, 0.2) is 0 Å². The van der Waals surface area contributed by atoms with Crippen molar-refractivity contribution in [3.05, 3.63) is 105 Å². The molecule has 4 aromatic carbocycles. The third-order valence-electron chi connectivity index (χ3n) is 10.7. The Labute approximate surface area is 339 Å². The number of carbonyl (C=O) groups excluding carboxylic acids is 1. The first kappa shape index (κ1) is 44.7. The van der Waals surface area contributed by atoms with Crippen LogP contribution >= 0.6 is 8.60 Å². The Bertz CT molecular complexity index is 2060.